The average Bonchev–Trinajstić information content (AvgIpc) is 2.37. The van der Waals surface area contributed by atoms with Gasteiger partial charge < -0.3 is 10.1 Å². The van der Waals surface area contributed by atoms with Gasteiger partial charge in [0.1, 0.15) is 12.1 Å². The first-order valence-corrected chi connectivity index (χ1v) is 5.99. The van der Waals surface area contributed by atoms with E-state index in [1.54, 1.807) is 0 Å². The summed E-state index contributed by atoms with van der Waals surface area (Å²) in [5.74, 6) is 4.04. The zero-order valence-corrected chi connectivity index (χ0v) is 10.3. The van der Waals surface area contributed by atoms with Crippen molar-refractivity contribution in [2.24, 2.45) is 0 Å². The van der Waals surface area contributed by atoms with E-state index in [0.29, 0.717) is 12.5 Å². The minimum absolute atomic E-state index is 0.618. The molecule has 0 aromatic carbocycles. The number of nitrogens with one attached hydrogen (secondary N) is 1. The maximum Gasteiger partial charge on any atom is 0.218 e. The Kier molecular flexibility index (Phi) is 6.57. The Labute approximate surface area is 103 Å². The average molecular weight is 233 g/mol. The van der Waals surface area contributed by atoms with Crippen molar-refractivity contribution in [2.45, 2.75) is 32.6 Å². The third-order valence-corrected chi connectivity index (χ3v) is 2.15. The van der Waals surface area contributed by atoms with Gasteiger partial charge in [-0.15, -0.1) is 12.3 Å². The number of hydrogen-bond acceptors (Lipinski definition) is 4. The molecule has 0 radical (unpaired) electrons. The molecule has 1 aromatic rings. The summed E-state index contributed by atoms with van der Waals surface area (Å²) in [6.45, 7) is 3.61. The van der Waals surface area contributed by atoms with Gasteiger partial charge in [0.25, 0.3) is 0 Å². The molecule has 1 heterocycles. The van der Waals surface area contributed by atoms with Crippen molar-refractivity contribution in [3.8, 4) is 18.2 Å². The molecule has 0 bridgehead atoms. The zero-order chi connectivity index (χ0) is 12.3. The number of rotatable bonds is 8. The first-order chi connectivity index (χ1) is 8.36. The van der Waals surface area contributed by atoms with Crippen LogP contribution in [0.25, 0.3) is 0 Å². The van der Waals surface area contributed by atoms with Gasteiger partial charge in [0, 0.05) is 19.0 Å². The molecule has 0 unspecified atom stereocenters. The summed E-state index contributed by atoms with van der Waals surface area (Å²) in [4.78, 5) is 8.16. The van der Waals surface area contributed by atoms with Crippen LogP contribution in [0.5, 0.6) is 5.88 Å². The van der Waals surface area contributed by atoms with Gasteiger partial charge >= 0.3 is 0 Å². The van der Waals surface area contributed by atoms with Crippen LogP contribution in [0.1, 0.15) is 32.6 Å². The monoisotopic (exact) mass is 233 g/mol. The minimum Gasteiger partial charge on any atom is -0.478 e. The summed E-state index contributed by atoms with van der Waals surface area (Å²) in [7, 11) is 0. The maximum atomic E-state index is 5.42. The molecule has 1 rings (SSSR count). The highest BCUT2D eigenvalue weighted by molar-refractivity contribution is 5.36. The van der Waals surface area contributed by atoms with E-state index < -0.39 is 0 Å². The lowest BCUT2D eigenvalue weighted by Gasteiger charge is -2.07. The summed E-state index contributed by atoms with van der Waals surface area (Å²) in [5.41, 5.74) is 0. The van der Waals surface area contributed by atoms with Crippen molar-refractivity contribution in [3.05, 3.63) is 12.4 Å². The fourth-order valence-electron chi connectivity index (χ4n) is 1.29. The molecule has 0 aliphatic rings. The Morgan fingerprint density at radius 2 is 2.29 bits per heavy atom. The molecule has 17 heavy (non-hydrogen) atoms. The van der Waals surface area contributed by atoms with E-state index in [1.165, 1.54) is 6.33 Å². The smallest absolute Gasteiger partial charge is 0.218 e. The Morgan fingerprint density at radius 1 is 1.41 bits per heavy atom. The van der Waals surface area contributed by atoms with Gasteiger partial charge in [0.05, 0.1) is 6.61 Å². The van der Waals surface area contributed by atoms with Crippen molar-refractivity contribution in [1.29, 1.82) is 0 Å². The van der Waals surface area contributed by atoms with Crippen LogP contribution in [0.3, 0.4) is 0 Å². The highest BCUT2D eigenvalue weighted by atomic mass is 16.5. The fraction of sp³-hybridized carbons (Fsp3) is 0.538. The molecule has 0 aliphatic heterocycles. The largest absolute Gasteiger partial charge is 0.478 e. The Bertz CT molecular complexity index is 360. The molecule has 0 atom stereocenters. The fourth-order valence-corrected chi connectivity index (χ4v) is 1.29. The van der Waals surface area contributed by atoms with Crippen molar-refractivity contribution >= 4 is 5.82 Å². The summed E-state index contributed by atoms with van der Waals surface area (Å²) in [6, 6.07) is 1.82. The van der Waals surface area contributed by atoms with Crippen LogP contribution in [0, 0.1) is 12.3 Å². The zero-order valence-electron chi connectivity index (χ0n) is 10.3. The van der Waals surface area contributed by atoms with Gasteiger partial charge in [0.15, 0.2) is 0 Å². The van der Waals surface area contributed by atoms with Crippen molar-refractivity contribution < 1.29 is 4.74 Å². The second-order valence-corrected chi connectivity index (χ2v) is 3.68. The quantitative estimate of drug-likeness (QED) is 0.553. The summed E-state index contributed by atoms with van der Waals surface area (Å²) >= 11 is 0. The predicted octanol–water partition coefficient (Wildman–Crippen LogP) is 2.48. The molecule has 0 spiro atoms. The summed E-state index contributed by atoms with van der Waals surface area (Å²) in [6.07, 6.45) is 10.6. The van der Waals surface area contributed by atoms with E-state index in [4.69, 9.17) is 11.2 Å². The molecule has 92 valence electrons. The van der Waals surface area contributed by atoms with E-state index in [0.717, 1.165) is 38.0 Å². The standard InChI is InChI=1S/C13H19N3O/c1-3-5-6-7-8-14-12-10-13(16-11-15-12)17-9-4-2/h1,10-11H,4-9H2,2H3,(H,14,15,16). The van der Waals surface area contributed by atoms with Gasteiger partial charge in [-0.3, -0.25) is 0 Å². The van der Waals surface area contributed by atoms with Crippen LogP contribution < -0.4 is 10.1 Å². The molecule has 0 fully saturated rings. The topological polar surface area (TPSA) is 47.0 Å². The lowest BCUT2D eigenvalue weighted by atomic mass is 10.2. The van der Waals surface area contributed by atoms with Crippen LogP contribution >= 0.6 is 0 Å². The number of anilines is 1. The molecule has 4 heteroatoms. The lowest BCUT2D eigenvalue weighted by molar-refractivity contribution is 0.305. The molecule has 0 aliphatic carbocycles. The van der Waals surface area contributed by atoms with Crippen LogP contribution in [-0.2, 0) is 0 Å². The molecular formula is C13H19N3O. The summed E-state index contributed by atoms with van der Waals surface area (Å²) < 4.78 is 5.42. The van der Waals surface area contributed by atoms with Crippen molar-refractivity contribution in [2.75, 3.05) is 18.5 Å². The number of aromatic nitrogens is 2. The highest BCUT2D eigenvalue weighted by Crippen LogP contribution is 2.11. The number of nitrogens with zero attached hydrogens (tertiary/aromatic N) is 2. The van der Waals surface area contributed by atoms with E-state index in [9.17, 15) is 0 Å². The Hall–Kier alpha value is -1.76. The van der Waals surface area contributed by atoms with Gasteiger partial charge in [-0.2, -0.15) is 0 Å². The van der Waals surface area contributed by atoms with Crippen molar-refractivity contribution in [1.82, 2.24) is 9.97 Å². The van der Waals surface area contributed by atoms with E-state index in [-0.39, 0.29) is 0 Å². The Balaban J connectivity index is 2.30. The molecule has 0 amide bonds. The SMILES string of the molecule is C#CCCCCNc1cc(OCCC)ncn1. The van der Waals surface area contributed by atoms with Crippen LogP contribution in [0.2, 0.25) is 0 Å². The second kappa shape index (κ2) is 8.40. The molecule has 0 saturated carbocycles. The Morgan fingerprint density at radius 3 is 3.06 bits per heavy atom. The van der Waals surface area contributed by atoms with E-state index >= 15 is 0 Å². The number of hydrogen-bond donors (Lipinski definition) is 1. The van der Waals surface area contributed by atoms with Crippen molar-refractivity contribution in [3.63, 3.8) is 0 Å². The number of terminal acetylenes is 1. The normalized spacial score (nSPS) is 9.65. The number of ether oxygens (including phenoxy) is 1. The van der Waals surface area contributed by atoms with Crippen LogP contribution in [0.15, 0.2) is 12.4 Å². The van der Waals surface area contributed by atoms with Gasteiger partial charge in [-0.25, -0.2) is 9.97 Å². The minimum atomic E-state index is 0.618. The van der Waals surface area contributed by atoms with E-state index in [2.05, 4.69) is 28.1 Å². The summed E-state index contributed by atoms with van der Waals surface area (Å²) in [5, 5.41) is 3.22. The predicted molar refractivity (Wildman–Crippen MR) is 69.0 cm³/mol. The molecule has 1 N–H and O–H groups in total. The van der Waals surface area contributed by atoms with Gasteiger partial charge in [-0.1, -0.05) is 6.92 Å². The van der Waals surface area contributed by atoms with Crippen LogP contribution in [0.4, 0.5) is 5.82 Å². The molecular weight excluding hydrogens is 214 g/mol. The first-order valence-electron chi connectivity index (χ1n) is 5.99. The van der Waals surface area contributed by atoms with Crippen LogP contribution in [-0.4, -0.2) is 23.1 Å². The van der Waals surface area contributed by atoms with E-state index in [1.807, 2.05) is 6.07 Å². The van der Waals surface area contributed by atoms with Gasteiger partial charge in [-0.05, 0) is 19.3 Å². The second-order valence-electron chi connectivity index (χ2n) is 3.68. The highest BCUT2D eigenvalue weighted by Gasteiger charge is 1.98. The number of unbranched alkanes of at least 4 members (excludes halogenated alkanes) is 2. The molecule has 1 aromatic heterocycles. The third kappa shape index (κ3) is 5.76. The first kappa shape index (κ1) is 13.3. The van der Waals surface area contributed by atoms with Gasteiger partial charge in [0.2, 0.25) is 5.88 Å². The third-order valence-electron chi connectivity index (χ3n) is 2.15. The lowest BCUT2D eigenvalue weighted by Crippen LogP contribution is -2.05. The molecule has 0 saturated heterocycles. The maximum absolute atomic E-state index is 5.42. The molecule has 4 nitrogen and oxygen atoms in total.